The predicted molar refractivity (Wildman–Crippen MR) is 143 cm³/mol. The van der Waals surface area contributed by atoms with E-state index in [0.29, 0.717) is 16.4 Å². The number of aromatic nitrogens is 1. The van der Waals surface area contributed by atoms with Crippen molar-refractivity contribution in [1.82, 2.24) is 9.88 Å². The average molecular weight is 542 g/mol. The molecule has 1 saturated carbocycles. The predicted octanol–water partition coefficient (Wildman–Crippen LogP) is 3.62. The van der Waals surface area contributed by atoms with E-state index in [1.807, 2.05) is 47.4 Å². The number of amides is 1. The number of benzene rings is 2. The number of rotatable bonds is 12. The lowest BCUT2D eigenvalue weighted by molar-refractivity contribution is -0.134. The quantitative estimate of drug-likeness (QED) is 0.350. The molecule has 8 nitrogen and oxygen atoms in total. The van der Waals surface area contributed by atoms with Crippen molar-refractivity contribution < 1.29 is 22.7 Å². The van der Waals surface area contributed by atoms with Crippen LogP contribution in [0.2, 0.25) is 0 Å². The third-order valence-corrected chi connectivity index (χ3v) is 8.21. The molecule has 196 valence electrons. The summed E-state index contributed by atoms with van der Waals surface area (Å²) in [5.41, 5.74) is 1.69. The van der Waals surface area contributed by atoms with E-state index in [1.54, 1.807) is 14.0 Å². The van der Waals surface area contributed by atoms with E-state index in [1.165, 1.54) is 16.9 Å². The number of nitrogens with zero attached hydrogens (tertiary/aromatic N) is 2. The molecule has 3 aromatic rings. The largest absolute Gasteiger partial charge is 0.497 e. The van der Waals surface area contributed by atoms with Crippen LogP contribution in [0.1, 0.15) is 50.8 Å². The Morgan fingerprint density at radius 3 is 2.38 bits per heavy atom. The lowest BCUT2D eigenvalue weighted by Crippen LogP contribution is -2.39. The van der Waals surface area contributed by atoms with Gasteiger partial charge in [0.05, 0.1) is 19.1 Å². The number of carbonyl (C=O) groups is 2. The molecule has 2 aromatic carbocycles. The monoisotopic (exact) mass is 541 g/mol. The van der Waals surface area contributed by atoms with E-state index in [9.17, 15) is 18.0 Å². The Morgan fingerprint density at radius 1 is 1.11 bits per heavy atom. The number of hydrogen-bond acceptors (Lipinski definition) is 7. The molecule has 1 aliphatic rings. The standard InChI is InChI=1S/C27H31N3O5S2/c1-19-25(23(31)18-37(28,33)34)29-24(36-19)17-30(16-6-9-20-7-4-3-5-8-20)26(32)27(14-15-27)21-10-12-22(35-2)13-11-21/h3-5,7-8,10-13H,6,9,14-18H2,1-2H3,(H2,28,33,34). The van der Waals surface area contributed by atoms with Crippen molar-refractivity contribution in [2.45, 2.75) is 44.6 Å². The van der Waals surface area contributed by atoms with Crippen molar-refractivity contribution in [3.05, 3.63) is 81.3 Å². The van der Waals surface area contributed by atoms with Gasteiger partial charge in [0, 0.05) is 11.4 Å². The van der Waals surface area contributed by atoms with Gasteiger partial charge in [0.15, 0.2) is 5.78 Å². The second kappa shape index (κ2) is 11.1. The Bertz CT molecular complexity index is 1360. The van der Waals surface area contributed by atoms with Gasteiger partial charge in [0.2, 0.25) is 15.9 Å². The van der Waals surface area contributed by atoms with Gasteiger partial charge in [-0.05, 0) is 55.9 Å². The van der Waals surface area contributed by atoms with Crippen LogP contribution in [0.3, 0.4) is 0 Å². The molecule has 0 bridgehead atoms. The molecule has 1 aliphatic carbocycles. The third-order valence-electron chi connectivity index (χ3n) is 6.59. The summed E-state index contributed by atoms with van der Waals surface area (Å²) in [6.07, 6.45) is 3.13. The zero-order valence-corrected chi connectivity index (χ0v) is 22.6. The first-order valence-corrected chi connectivity index (χ1v) is 14.6. The number of methoxy groups -OCH3 is 1. The van der Waals surface area contributed by atoms with Crippen LogP contribution in [0.25, 0.3) is 0 Å². The van der Waals surface area contributed by atoms with E-state index < -0.39 is 27.0 Å². The second-order valence-corrected chi connectivity index (χ2v) is 12.3. The first kappa shape index (κ1) is 27.0. The van der Waals surface area contributed by atoms with Gasteiger partial charge in [-0.1, -0.05) is 42.5 Å². The smallest absolute Gasteiger partial charge is 0.233 e. The minimum Gasteiger partial charge on any atom is -0.497 e. The van der Waals surface area contributed by atoms with Crippen LogP contribution in [-0.4, -0.2) is 49.4 Å². The third kappa shape index (κ3) is 6.63. The molecule has 0 saturated heterocycles. The van der Waals surface area contributed by atoms with E-state index >= 15 is 0 Å². The maximum absolute atomic E-state index is 14.0. The first-order chi connectivity index (χ1) is 17.6. The molecule has 0 atom stereocenters. The Morgan fingerprint density at radius 2 is 1.78 bits per heavy atom. The summed E-state index contributed by atoms with van der Waals surface area (Å²) in [5.74, 6) is -0.656. The van der Waals surface area contributed by atoms with Crippen LogP contribution in [0.15, 0.2) is 54.6 Å². The maximum atomic E-state index is 14.0. The fourth-order valence-corrected chi connectivity index (χ4v) is 6.00. The van der Waals surface area contributed by atoms with Gasteiger partial charge in [-0.3, -0.25) is 9.59 Å². The van der Waals surface area contributed by atoms with Crippen molar-refractivity contribution >= 4 is 33.1 Å². The second-order valence-electron chi connectivity index (χ2n) is 9.37. The molecule has 1 amide bonds. The molecule has 2 N–H and O–H groups in total. The highest BCUT2D eigenvalue weighted by Crippen LogP contribution is 2.50. The zero-order chi connectivity index (χ0) is 26.6. The van der Waals surface area contributed by atoms with Crippen LogP contribution in [0, 0.1) is 6.92 Å². The number of ether oxygens (including phenoxy) is 1. The molecule has 37 heavy (non-hydrogen) atoms. The first-order valence-electron chi connectivity index (χ1n) is 12.1. The SMILES string of the molecule is COc1ccc(C2(C(=O)N(CCCc3ccccc3)Cc3nc(C(=O)CS(N)(=O)=O)c(C)s3)CC2)cc1. The molecular weight excluding hydrogens is 510 g/mol. The van der Waals surface area contributed by atoms with E-state index in [-0.39, 0.29) is 18.1 Å². The van der Waals surface area contributed by atoms with Crippen LogP contribution in [-0.2, 0) is 33.2 Å². The van der Waals surface area contributed by atoms with Crippen molar-refractivity contribution in [3.8, 4) is 5.75 Å². The summed E-state index contributed by atoms with van der Waals surface area (Å²) in [5, 5.41) is 5.64. The van der Waals surface area contributed by atoms with Crippen molar-refractivity contribution in [1.29, 1.82) is 0 Å². The highest BCUT2D eigenvalue weighted by molar-refractivity contribution is 7.89. The van der Waals surface area contributed by atoms with Crippen LogP contribution >= 0.6 is 11.3 Å². The number of aryl methyl sites for hydroxylation is 2. The van der Waals surface area contributed by atoms with Gasteiger partial charge in [-0.15, -0.1) is 11.3 Å². The van der Waals surface area contributed by atoms with Crippen molar-refractivity contribution in [3.63, 3.8) is 0 Å². The minimum atomic E-state index is -3.96. The van der Waals surface area contributed by atoms with Crippen LogP contribution < -0.4 is 9.88 Å². The summed E-state index contributed by atoms with van der Waals surface area (Å²) in [4.78, 5) is 33.2. The molecule has 1 heterocycles. The van der Waals surface area contributed by atoms with Gasteiger partial charge in [-0.25, -0.2) is 18.5 Å². The molecule has 1 fully saturated rings. The summed E-state index contributed by atoms with van der Waals surface area (Å²) in [6.45, 7) is 2.50. The number of primary sulfonamides is 1. The number of hydrogen-bond donors (Lipinski definition) is 1. The van der Waals surface area contributed by atoms with Gasteiger partial charge >= 0.3 is 0 Å². The molecule has 0 spiro atoms. The van der Waals surface area contributed by atoms with Crippen LogP contribution in [0.5, 0.6) is 5.75 Å². The molecule has 0 aliphatic heterocycles. The van der Waals surface area contributed by atoms with Crippen molar-refractivity contribution in [2.75, 3.05) is 19.4 Å². The minimum absolute atomic E-state index is 0.0380. The highest BCUT2D eigenvalue weighted by Gasteiger charge is 2.53. The number of thiazole rings is 1. The summed E-state index contributed by atoms with van der Waals surface area (Å²) in [7, 11) is -2.35. The molecule has 0 unspecified atom stereocenters. The van der Waals surface area contributed by atoms with Gasteiger partial charge in [-0.2, -0.15) is 0 Å². The molecule has 0 radical (unpaired) electrons. The maximum Gasteiger partial charge on any atom is 0.233 e. The van der Waals surface area contributed by atoms with Crippen molar-refractivity contribution in [2.24, 2.45) is 5.14 Å². The average Bonchev–Trinajstić information content (AvgIpc) is 3.59. The summed E-state index contributed by atoms with van der Waals surface area (Å²) >= 11 is 1.30. The number of sulfonamides is 1. The number of ketones is 1. The fraction of sp³-hybridized carbons (Fsp3) is 0.370. The zero-order valence-electron chi connectivity index (χ0n) is 21.0. The lowest BCUT2D eigenvalue weighted by Gasteiger charge is -2.27. The molecule has 10 heteroatoms. The fourth-order valence-electron chi connectivity index (χ4n) is 4.53. The molecule has 1 aromatic heterocycles. The topological polar surface area (TPSA) is 120 Å². The van der Waals surface area contributed by atoms with E-state index in [0.717, 1.165) is 37.0 Å². The van der Waals surface area contributed by atoms with Gasteiger partial charge in [0.1, 0.15) is 22.2 Å². The lowest BCUT2D eigenvalue weighted by atomic mass is 9.94. The number of nitrogens with two attached hydrogens (primary N) is 1. The normalized spacial score (nSPS) is 14.2. The summed E-state index contributed by atoms with van der Waals surface area (Å²) in [6, 6.07) is 17.8. The number of Topliss-reactive ketones (excluding diaryl/α,β-unsaturated/α-hetero) is 1. The Kier molecular flexibility index (Phi) is 8.11. The van der Waals surface area contributed by atoms with Crippen LogP contribution in [0.4, 0.5) is 0 Å². The molecular formula is C27H31N3O5S2. The van der Waals surface area contributed by atoms with Gasteiger partial charge < -0.3 is 9.64 Å². The van der Waals surface area contributed by atoms with E-state index in [4.69, 9.17) is 9.88 Å². The Labute approximate surface area is 221 Å². The molecule has 4 rings (SSSR count). The Hall–Kier alpha value is -3.08. The van der Waals surface area contributed by atoms with E-state index in [2.05, 4.69) is 17.1 Å². The number of carbonyl (C=O) groups excluding carboxylic acids is 2. The highest BCUT2D eigenvalue weighted by atomic mass is 32.2. The summed E-state index contributed by atoms with van der Waals surface area (Å²) < 4.78 is 28.1. The Balaban J connectivity index is 1.55. The van der Waals surface area contributed by atoms with Gasteiger partial charge in [0.25, 0.3) is 0 Å².